The number of anilines is 1. The highest BCUT2D eigenvalue weighted by Gasteiger charge is 2.31. The Balaban J connectivity index is 1.77. The molecule has 3 nitrogen and oxygen atoms in total. The molecule has 2 heterocycles. The lowest BCUT2D eigenvalue weighted by Gasteiger charge is -2.43. The maximum Gasteiger partial charge on any atom is 0.0445 e. The standard InChI is InChI=1S/C18H29N3/c1-3-19-11-17-12-20-14(2)10-18(17)21-9-8-15-6-4-5-7-16(15)13-21/h10,12,15-16,19H,3-9,11,13H2,1-2H3. The van der Waals surface area contributed by atoms with Crippen LogP contribution in [-0.4, -0.2) is 24.6 Å². The van der Waals surface area contributed by atoms with Crippen molar-refractivity contribution in [2.45, 2.75) is 52.5 Å². The number of hydrogen-bond acceptors (Lipinski definition) is 3. The quantitative estimate of drug-likeness (QED) is 0.918. The van der Waals surface area contributed by atoms with Crippen molar-refractivity contribution in [3.8, 4) is 0 Å². The Morgan fingerprint density at radius 2 is 2.05 bits per heavy atom. The highest BCUT2D eigenvalue weighted by Crippen LogP contribution is 2.38. The number of piperidine rings is 1. The molecule has 1 aromatic rings. The van der Waals surface area contributed by atoms with Gasteiger partial charge in [0.2, 0.25) is 0 Å². The molecule has 1 saturated heterocycles. The first-order valence-corrected chi connectivity index (χ1v) is 8.69. The van der Waals surface area contributed by atoms with Crippen molar-refractivity contribution in [1.29, 1.82) is 0 Å². The first-order chi connectivity index (χ1) is 10.3. The second-order valence-electron chi connectivity index (χ2n) is 6.77. The molecule has 2 atom stereocenters. The van der Waals surface area contributed by atoms with E-state index in [4.69, 9.17) is 0 Å². The predicted octanol–water partition coefficient (Wildman–Crippen LogP) is 3.52. The van der Waals surface area contributed by atoms with E-state index in [2.05, 4.69) is 41.3 Å². The minimum absolute atomic E-state index is 0.924. The molecule has 0 aromatic carbocycles. The van der Waals surface area contributed by atoms with E-state index in [0.29, 0.717) is 0 Å². The van der Waals surface area contributed by atoms with Gasteiger partial charge in [-0.15, -0.1) is 0 Å². The molecule has 3 rings (SSSR count). The summed E-state index contributed by atoms with van der Waals surface area (Å²) in [7, 11) is 0. The molecule has 0 radical (unpaired) electrons. The summed E-state index contributed by atoms with van der Waals surface area (Å²) in [4.78, 5) is 7.14. The lowest BCUT2D eigenvalue weighted by Crippen LogP contribution is -2.42. The number of aryl methyl sites for hydroxylation is 1. The molecule has 1 aliphatic carbocycles. The molecular formula is C18H29N3. The van der Waals surface area contributed by atoms with Crippen molar-refractivity contribution in [3.63, 3.8) is 0 Å². The third-order valence-corrected chi connectivity index (χ3v) is 5.30. The van der Waals surface area contributed by atoms with E-state index in [0.717, 1.165) is 30.6 Å². The van der Waals surface area contributed by atoms with Crippen LogP contribution < -0.4 is 10.2 Å². The van der Waals surface area contributed by atoms with Crippen LogP contribution in [0.4, 0.5) is 5.69 Å². The van der Waals surface area contributed by atoms with Crippen LogP contribution in [0.5, 0.6) is 0 Å². The van der Waals surface area contributed by atoms with Crippen LogP contribution >= 0.6 is 0 Å². The monoisotopic (exact) mass is 287 g/mol. The molecule has 3 heteroatoms. The summed E-state index contributed by atoms with van der Waals surface area (Å²) >= 11 is 0. The van der Waals surface area contributed by atoms with Gasteiger partial charge >= 0.3 is 0 Å². The van der Waals surface area contributed by atoms with E-state index in [1.54, 1.807) is 0 Å². The summed E-state index contributed by atoms with van der Waals surface area (Å²) in [5.74, 6) is 1.92. The zero-order valence-corrected chi connectivity index (χ0v) is 13.6. The second kappa shape index (κ2) is 6.78. The fourth-order valence-electron chi connectivity index (χ4n) is 4.08. The van der Waals surface area contributed by atoms with Gasteiger partial charge in [-0.3, -0.25) is 4.98 Å². The first-order valence-electron chi connectivity index (χ1n) is 8.69. The molecule has 2 aliphatic rings. The van der Waals surface area contributed by atoms with Gasteiger partial charge in [0.05, 0.1) is 0 Å². The van der Waals surface area contributed by atoms with Gasteiger partial charge in [-0.2, -0.15) is 0 Å². The highest BCUT2D eigenvalue weighted by molar-refractivity contribution is 5.54. The highest BCUT2D eigenvalue weighted by atomic mass is 15.1. The van der Waals surface area contributed by atoms with Crippen molar-refractivity contribution < 1.29 is 0 Å². The molecule has 0 spiro atoms. The number of rotatable bonds is 4. The average molecular weight is 287 g/mol. The van der Waals surface area contributed by atoms with Gasteiger partial charge in [-0.05, 0) is 44.2 Å². The van der Waals surface area contributed by atoms with Crippen molar-refractivity contribution in [1.82, 2.24) is 10.3 Å². The molecule has 116 valence electrons. The van der Waals surface area contributed by atoms with Crippen molar-refractivity contribution in [3.05, 3.63) is 23.5 Å². The van der Waals surface area contributed by atoms with Crippen LogP contribution in [0.25, 0.3) is 0 Å². The van der Waals surface area contributed by atoms with Crippen molar-refractivity contribution in [2.24, 2.45) is 11.8 Å². The molecule has 0 amide bonds. The van der Waals surface area contributed by atoms with Gasteiger partial charge in [-0.25, -0.2) is 0 Å². The number of nitrogens with one attached hydrogen (secondary N) is 1. The Bertz CT molecular complexity index is 472. The zero-order valence-electron chi connectivity index (χ0n) is 13.6. The first kappa shape index (κ1) is 14.8. The van der Waals surface area contributed by atoms with Crippen molar-refractivity contribution in [2.75, 3.05) is 24.5 Å². The minimum atomic E-state index is 0.924. The number of fused-ring (bicyclic) bond motifs is 1. The summed E-state index contributed by atoms with van der Waals surface area (Å²) < 4.78 is 0. The number of pyridine rings is 1. The molecule has 2 fully saturated rings. The van der Waals surface area contributed by atoms with Gasteiger partial charge in [0.1, 0.15) is 0 Å². The summed E-state index contributed by atoms with van der Waals surface area (Å²) in [5.41, 5.74) is 3.92. The Morgan fingerprint density at radius 3 is 2.86 bits per heavy atom. The van der Waals surface area contributed by atoms with Crippen LogP contribution in [0.3, 0.4) is 0 Å². The Morgan fingerprint density at radius 1 is 1.24 bits per heavy atom. The molecule has 1 aromatic heterocycles. The Labute approximate surface area is 129 Å². The van der Waals surface area contributed by atoms with E-state index in [1.807, 2.05) is 0 Å². The van der Waals surface area contributed by atoms with Gasteiger partial charge in [0, 0.05) is 42.8 Å². The van der Waals surface area contributed by atoms with Gasteiger partial charge in [0.15, 0.2) is 0 Å². The van der Waals surface area contributed by atoms with Crippen LogP contribution in [0.1, 0.15) is 50.3 Å². The predicted molar refractivity (Wildman–Crippen MR) is 88.6 cm³/mol. The number of aromatic nitrogens is 1. The van der Waals surface area contributed by atoms with E-state index < -0.39 is 0 Å². The zero-order chi connectivity index (χ0) is 14.7. The van der Waals surface area contributed by atoms with Gasteiger partial charge < -0.3 is 10.2 Å². The molecule has 21 heavy (non-hydrogen) atoms. The second-order valence-corrected chi connectivity index (χ2v) is 6.77. The van der Waals surface area contributed by atoms with Gasteiger partial charge in [0.25, 0.3) is 0 Å². The van der Waals surface area contributed by atoms with Crippen LogP contribution in [0, 0.1) is 18.8 Å². The lowest BCUT2D eigenvalue weighted by molar-refractivity contribution is 0.202. The SMILES string of the molecule is CCNCc1cnc(C)cc1N1CCC2CCCCC2C1. The molecular weight excluding hydrogens is 258 g/mol. The molecule has 1 saturated carbocycles. The van der Waals surface area contributed by atoms with E-state index in [-0.39, 0.29) is 0 Å². The lowest BCUT2D eigenvalue weighted by atomic mass is 9.75. The smallest absolute Gasteiger partial charge is 0.0445 e. The summed E-state index contributed by atoms with van der Waals surface area (Å²) in [6, 6.07) is 2.29. The van der Waals surface area contributed by atoms with Crippen LogP contribution in [-0.2, 0) is 6.54 Å². The van der Waals surface area contributed by atoms with Crippen LogP contribution in [0.15, 0.2) is 12.3 Å². The maximum absolute atomic E-state index is 4.50. The third-order valence-electron chi connectivity index (χ3n) is 5.30. The Kier molecular flexibility index (Phi) is 4.79. The fraction of sp³-hybridized carbons (Fsp3) is 0.722. The fourth-order valence-corrected chi connectivity index (χ4v) is 4.08. The van der Waals surface area contributed by atoms with Crippen molar-refractivity contribution >= 4 is 5.69 Å². The summed E-state index contributed by atoms with van der Waals surface area (Å²) in [6.07, 6.45) is 9.26. The number of hydrogen-bond donors (Lipinski definition) is 1. The van der Waals surface area contributed by atoms with E-state index >= 15 is 0 Å². The Hall–Kier alpha value is -1.09. The maximum atomic E-state index is 4.50. The molecule has 1 N–H and O–H groups in total. The third kappa shape index (κ3) is 3.39. The molecule has 0 bridgehead atoms. The topological polar surface area (TPSA) is 28.2 Å². The molecule has 1 aliphatic heterocycles. The molecule has 2 unspecified atom stereocenters. The normalized spacial score (nSPS) is 25.7. The van der Waals surface area contributed by atoms with E-state index in [9.17, 15) is 0 Å². The average Bonchev–Trinajstić information content (AvgIpc) is 2.53. The minimum Gasteiger partial charge on any atom is -0.371 e. The van der Waals surface area contributed by atoms with Gasteiger partial charge in [-0.1, -0.05) is 26.2 Å². The summed E-state index contributed by atoms with van der Waals surface area (Å²) in [5, 5.41) is 3.45. The van der Waals surface area contributed by atoms with Crippen LogP contribution in [0.2, 0.25) is 0 Å². The van der Waals surface area contributed by atoms with E-state index in [1.165, 1.54) is 56.4 Å². The largest absolute Gasteiger partial charge is 0.371 e. The summed E-state index contributed by atoms with van der Waals surface area (Å²) in [6.45, 7) is 8.70. The number of nitrogens with zero attached hydrogens (tertiary/aromatic N) is 2.